The Balaban J connectivity index is 1.81. The predicted molar refractivity (Wildman–Crippen MR) is 115 cm³/mol. The van der Waals surface area contributed by atoms with Gasteiger partial charge in [-0.25, -0.2) is 8.78 Å². The molecule has 0 aromatic heterocycles. The van der Waals surface area contributed by atoms with Gasteiger partial charge in [-0.1, -0.05) is 18.9 Å². The Bertz CT molecular complexity index is 1010. The van der Waals surface area contributed by atoms with Crippen LogP contribution in [0.15, 0.2) is 30.3 Å². The minimum Gasteiger partial charge on any atom is -0.378 e. The zero-order valence-electron chi connectivity index (χ0n) is 18.0. The Labute approximate surface area is 188 Å². The average Bonchev–Trinajstić information content (AvgIpc) is 3.28. The molecule has 0 atom stereocenters. The SMILES string of the molecule is O=C(CC1CCCC1)Nc1c(-c2ccc(F)c(F)c2)cc(N2CCOCC2)cc1C(F)(F)F. The van der Waals surface area contributed by atoms with E-state index in [1.807, 2.05) is 0 Å². The van der Waals surface area contributed by atoms with E-state index >= 15 is 0 Å². The van der Waals surface area contributed by atoms with Crippen LogP contribution in [0.2, 0.25) is 0 Å². The molecule has 0 radical (unpaired) electrons. The van der Waals surface area contributed by atoms with Gasteiger partial charge in [0.2, 0.25) is 5.91 Å². The number of ether oxygens (including phenoxy) is 1. The summed E-state index contributed by atoms with van der Waals surface area (Å²) in [5, 5.41) is 2.46. The Morgan fingerprint density at radius 2 is 1.73 bits per heavy atom. The Morgan fingerprint density at radius 3 is 2.36 bits per heavy atom. The number of amides is 1. The molecule has 2 aromatic carbocycles. The van der Waals surface area contributed by atoms with Crippen LogP contribution in [0.25, 0.3) is 11.1 Å². The molecule has 0 unspecified atom stereocenters. The summed E-state index contributed by atoms with van der Waals surface area (Å²) in [6, 6.07) is 5.41. The smallest absolute Gasteiger partial charge is 0.378 e. The van der Waals surface area contributed by atoms with Gasteiger partial charge in [0.15, 0.2) is 11.6 Å². The van der Waals surface area contributed by atoms with Crippen molar-refractivity contribution in [3.8, 4) is 11.1 Å². The number of benzene rings is 2. The topological polar surface area (TPSA) is 41.6 Å². The molecule has 1 amide bonds. The first kappa shape index (κ1) is 23.5. The molecule has 1 saturated carbocycles. The molecule has 0 spiro atoms. The quantitative estimate of drug-likeness (QED) is 0.547. The summed E-state index contributed by atoms with van der Waals surface area (Å²) in [7, 11) is 0. The fourth-order valence-electron chi connectivity index (χ4n) is 4.55. The Hall–Kier alpha value is -2.68. The highest BCUT2D eigenvalue weighted by Crippen LogP contribution is 2.44. The van der Waals surface area contributed by atoms with Gasteiger partial charge in [-0.15, -0.1) is 0 Å². The summed E-state index contributed by atoms with van der Waals surface area (Å²) in [6.45, 7) is 1.51. The molecule has 2 aliphatic rings. The van der Waals surface area contributed by atoms with Crippen molar-refractivity contribution in [3.05, 3.63) is 47.5 Å². The van der Waals surface area contributed by atoms with Crippen LogP contribution in [-0.4, -0.2) is 32.2 Å². The van der Waals surface area contributed by atoms with E-state index in [2.05, 4.69) is 5.32 Å². The number of halogens is 5. The minimum atomic E-state index is -4.77. The number of carbonyl (C=O) groups is 1. The van der Waals surface area contributed by atoms with Crippen molar-refractivity contribution in [2.75, 3.05) is 36.5 Å². The van der Waals surface area contributed by atoms with Crippen molar-refractivity contribution in [3.63, 3.8) is 0 Å². The first-order valence-corrected chi connectivity index (χ1v) is 11.1. The predicted octanol–water partition coefficient (Wildman–Crippen LogP) is 6.01. The molecule has 4 rings (SSSR count). The molecular weight excluding hydrogens is 443 g/mol. The standard InChI is InChI=1S/C24H25F5N2O2/c25-20-6-5-16(12-21(20)26)18-13-17(31-7-9-33-10-8-31)14-19(24(27,28)29)23(18)30-22(32)11-15-3-1-2-4-15/h5-6,12-15H,1-4,7-11H2,(H,30,32). The minimum absolute atomic E-state index is 0.00927. The molecule has 9 heteroatoms. The van der Waals surface area contributed by atoms with Gasteiger partial charge < -0.3 is 15.0 Å². The van der Waals surface area contributed by atoms with E-state index in [9.17, 15) is 26.7 Å². The molecule has 2 fully saturated rings. The lowest BCUT2D eigenvalue weighted by atomic mass is 9.96. The van der Waals surface area contributed by atoms with E-state index in [-0.39, 0.29) is 29.2 Å². The van der Waals surface area contributed by atoms with Crippen LogP contribution >= 0.6 is 0 Å². The monoisotopic (exact) mass is 468 g/mol. The second-order valence-electron chi connectivity index (χ2n) is 8.54. The van der Waals surface area contributed by atoms with Gasteiger partial charge in [-0.05, 0) is 48.6 Å². The third-order valence-corrected chi connectivity index (χ3v) is 6.25. The maximum absolute atomic E-state index is 14.2. The third kappa shape index (κ3) is 5.46. The van der Waals surface area contributed by atoms with E-state index in [1.165, 1.54) is 12.1 Å². The Kier molecular flexibility index (Phi) is 6.88. The van der Waals surface area contributed by atoms with Crippen LogP contribution < -0.4 is 10.2 Å². The van der Waals surface area contributed by atoms with Crippen LogP contribution in [0.4, 0.5) is 33.3 Å². The van der Waals surface area contributed by atoms with Crippen LogP contribution in [0.5, 0.6) is 0 Å². The van der Waals surface area contributed by atoms with Crippen LogP contribution in [0.1, 0.15) is 37.7 Å². The second-order valence-corrected chi connectivity index (χ2v) is 8.54. The lowest BCUT2D eigenvalue weighted by Gasteiger charge is -2.31. The van der Waals surface area contributed by atoms with Crippen molar-refractivity contribution in [1.82, 2.24) is 0 Å². The van der Waals surface area contributed by atoms with E-state index in [0.29, 0.717) is 26.3 Å². The van der Waals surface area contributed by atoms with Crippen molar-refractivity contribution in [2.24, 2.45) is 5.92 Å². The lowest BCUT2D eigenvalue weighted by molar-refractivity contribution is -0.136. The number of hydrogen-bond donors (Lipinski definition) is 1. The maximum atomic E-state index is 14.2. The van der Waals surface area contributed by atoms with Crippen LogP contribution in [0, 0.1) is 17.6 Å². The number of nitrogens with one attached hydrogen (secondary N) is 1. The number of anilines is 2. The molecule has 1 N–H and O–H groups in total. The molecule has 1 saturated heterocycles. The van der Waals surface area contributed by atoms with E-state index in [4.69, 9.17) is 4.74 Å². The number of alkyl halides is 3. The van der Waals surface area contributed by atoms with Crippen molar-refractivity contribution < 1.29 is 31.5 Å². The van der Waals surface area contributed by atoms with Gasteiger partial charge in [0.05, 0.1) is 24.5 Å². The Morgan fingerprint density at radius 1 is 1.03 bits per heavy atom. The van der Waals surface area contributed by atoms with Gasteiger partial charge in [0, 0.05) is 30.8 Å². The first-order valence-electron chi connectivity index (χ1n) is 11.1. The van der Waals surface area contributed by atoms with Crippen LogP contribution in [-0.2, 0) is 15.7 Å². The molecule has 1 aliphatic heterocycles. The second kappa shape index (κ2) is 9.67. The number of nitrogens with zero attached hydrogens (tertiary/aromatic N) is 1. The summed E-state index contributed by atoms with van der Waals surface area (Å²) in [5.41, 5.74) is -1.14. The highest BCUT2D eigenvalue weighted by atomic mass is 19.4. The molecule has 4 nitrogen and oxygen atoms in total. The summed E-state index contributed by atoms with van der Waals surface area (Å²) in [5.74, 6) is -2.67. The maximum Gasteiger partial charge on any atom is 0.418 e. The first-order chi connectivity index (χ1) is 15.7. The molecule has 1 aliphatic carbocycles. The normalized spacial score (nSPS) is 17.4. The van der Waals surface area contributed by atoms with Gasteiger partial charge in [-0.3, -0.25) is 4.79 Å². The van der Waals surface area contributed by atoms with Crippen molar-refractivity contribution >= 4 is 17.3 Å². The fraction of sp³-hybridized carbons (Fsp3) is 0.458. The zero-order valence-corrected chi connectivity index (χ0v) is 18.0. The average molecular weight is 468 g/mol. The van der Waals surface area contributed by atoms with E-state index in [0.717, 1.165) is 43.9 Å². The molecule has 33 heavy (non-hydrogen) atoms. The number of hydrogen-bond acceptors (Lipinski definition) is 3. The zero-order chi connectivity index (χ0) is 23.6. The third-order valence-electron chi connectivity index (χ3n) is 6.25. The molecular formula is C24H25F5N2O2. The van der Waals surface area contributed by atoms with E-state index in [1.54, 1.807) is 4.90 Å². The number of carbonyl (C=O) groups excluding carboxylic acids is 1. The number of morpholine rings is 1. The summed E-state index contributed by atoms with van der Waals surface area (Å²) < 4.78 is 75.3. The highest BCUT2D eigenvalue weighted by molar-refractivity contribution is 5.98. The fourth-order valence-corrected chi connectivity index (χ4v) is 4.55. The highest BCUT2D eigenvalue weighted by Gasteiger charge is 2.37. The summed E-state index contributed by atoms with van der Waals surface area (Å²) in [6.07, 6.45) is -0.914. The van der Waals surface area contributed by atoms with Crippen molar-refractivity contribution in [1.29, 1.82) is 0 Å². The van der Waals surface area contributed by atoms with Gasteiger partial charge in [0.25, 0.3) is 0 Å². The molecule has 1 heterocycles. The van der Waals surface area contributed by atoms with Crippen LogP contribution in [0.3, 0.4) is 0 Å². The van der Waals surface area contributed by atoms with Gasteiger partial charge in [0.1, 0.15) is 0 Å². The molecule has 0 bridgehead atoms. The molecule has 178 valence electrons. The number of rotatable bonds is 5. The van der Waals surface area contributed by atoms with Gasteiger partial charge in [-0.2, -0.15) is 13.2 Å². The summed E-state index contributed by atoms with van der Waals surface area (Å²) >= 11 is 0. The van der Waals surface area contributed by atoms with E-state index < -0.39 is 35.0 Å². The lowest BCUT2D eigenvalue weighted by Crippen LogP contribution is -2.36. The van der Waals surface area contributed by atoms with Crippen molar-refractivity contribution in [2.45, 2.75) is 38.3 Å². The largest absolute Gasteiger partial charge is 0.418 e. The van der Waals surface area contributed by atoms with Gasteiger partial charge >= 0.3 is 6.18 Å². The molecule has 2 aromatic rings. The summed E-state index contributed by atoms with van der Waals surface area (Å²) in [4.78, 5) is 14.4.